The van der Waals surface area contributed by atoms with Crippen LogP contribution in [0.2, 0.25) is 5.02 Å². The van der Waals surface area contributed by atoms with Crippen molar-refractivity contribution in [1.82, 2.24) is 19.9 Å². The fraction of sp³-hybridized carbons (Fsp3) is 0.179. The zero-order valence-electron chi connectivity index (χ0n) is 21.6. The summed E-state index contributed by atoms with van der Waals surface area (Å²) >= 11 is 6.47. The zero-order chi connectivity index (χ0) is 27.9. The number of amides is 2. The quantitative estimate of drug-likeness (QED) is 0.267. The van der Waals surface area contributed by atoms with Gasteiger partial charge in [0.15, 0.2) is 0 Å². The van der Waals surface area contributed by atoms with Gasteiger partial charge in [-0.05, 0) is 49.4 Å². The van der Waals surface area contributed by atoms with Gasteiger partial charge in [-0.1, -0.05) is 24.2 Å². The smallest absolute Gasteiger partial charge is 0.246 e. The van der Waals surface area contributed by atoms with Crippen LogP contribution in [0.25, 0.3) is 10.9 Å². The first-order chi connectivity index (χ1) is 18.8. The number of aromatic nitrogens is 3. The normalized spacial score (nSPS) is 11.4. The summed E-state index contributed by atoms with van der Waals surface area (Å²) in [5, 5.41) is 7.12. The average Bonchev–Trinajstić information content (AvgIpc) is 2.96. The number of carbonyl (C=O) groups excluding carboxylic acids is 2. The number of nitrogens with zero attached hydrogens (tertiary/aromatic N) is 4. The molecule has 4 aromatic rings. The van der Waals surface area contributed by atoms with Crippen molar-refractivity contribution in [3.05, 3.63) is 84.4 Å². The second-order valence-corrected chi connectivity index (χ2v) is 8.90. The summed E-state index contributed by atoms with van der Waals surface area (Å²) in [5.74, 6) is 0.648. The van der Waals surface area contributed by atoms with Gasteiger partial charge in [0.25, 0.3) is 0 Å². The van der Waals surface area contributed by atoms with Crippen LogP contribution in [0.15, 0.2) is 73.7 Å². The van der Waals surface area contributed by atoms with Gasteiger partial charge in [0.05, 0.1) is 29.0 Å². The molecule has 2 aromatic heterocycles. The number of methoxy groups -OCH3 is 1. The van der Waals surface area contributed by atoms with E-state index in [2.05, 4.69) is 32.2 Å². The van der Waals surface area contributed by atoms with Crippen molar-refractivity contribution in [2.24, 2.45) is 0 Å². The Morgan fingerprint density at radius 3 is 2.64 bits per heavy atom. The Hall–Kier alpha value is -4.70. The van der Waals surface area contributed by atoms with Crippen LogP contribution in [-0.2, 0) is 16.2 Å². The van der Waals surface area contributed by atoms with E-state index in [0.29, 0.717) is 44.6 Å². The van der Waals surface area contributed by atoms with Crippen LogP contribution >= 0.6 is 11.6 Å². The summed E-state index contributed by atoms with van der Waals surface area (Å²) in [6, 6.07) is 13.6. The molecule has 1 atom stereocenters. The van der Waals surface area contributed by atoms with E-state index in [0.717, 1.165) is 11.8 Å². The molecule has 200 valence electrons. The van der Waals surface area contributed by atoms with Crippen LogP contribution in [0.1, 0.15) is 12.6 Å². The molecule has 39 heavy (non-hydrogen) atoms. The summed E-state index contributed by atoms with van der Waals surface area (Å²) < 4.78 is 11.3. The number of likely N-dealkylation sites (N-methyl/N-ethyl adjacent to an activating group) is 1. The van der Waals surface area contributed by atoms with Crippen LogP contribution in [0.3, 0.4) is 0 Å². The molecule has 0 aliphatic carbocycles. The van der Waals surface area contributed by atoms with Crippen molar-refractivity contribution in [2.45, 2.75) is 19.6 Å². The fourth-order valence-electron chi connectivity index (χ4n) is 3.67. The number of pyridine rings is 1. The maximum Gasteiger partial charge on any atom is 0.246 e. The number of halogens is 1. The molecule has 0 unspecified atom stereocenters. The van der Waals surface area contributed by atoms with Gasteiger partial charge in [-0.15, -0.1) is 0 Å². The SMILES string of the molecule is C=CC(=O)N(C)[C@H](C)C(=O)Nc1cc2c(Nc3ccc(OCc4ccccn4)c(Cl)c3)ncnc2cc1OC. The lowest BCUT2D eigenvalue weighted by atomic mass is 10.1. The first-order valence-electron chi connectivity index (χ1n) is 11.9. The molecular formula is C28H27ClN6O4. The highest BCUT2D eigenvalue weighted by atomic mass is 35.5. The van der Waals surface area contributed by atoms with E-state index in [-0.39, 0.29) is 12.5 Å². The van der Waals surface area contributed by atoms with Gasteiger partial charge < -0.3 is 25.0 Å². The minimum absolute atomic E-state index is 0.288. The Bertz CT molecular complexity index is 1520. The topological polar surface area (TPSA) is 119 Å². The highest BCUT2D eigenvalue weighted by molar-refractivity contribution is 6.32. The van der Waals surface area contributed by atoms with Crippen molar-refractivity contribution in [3.8, 4) is 11.5 Å². The Kier molecular flexibility index (Phi) is 8.57. The molecule has 0 aliphatic heterocycles. The van der Waals surface area contributed by atoms with E-state index < -0.39 is 11.9 Å². The molecule has 2 amide bonds. The highest BCUT2D eigenvalue weighted by Gasteiger charge is 2.22. The first-order valence-corrected chi connectivity index (χ1v) is 12.3. The number of hydrogen-bond donors (Lipinski definition) is 2. The van der Waals surface area contributed by atoms with Gasteiger partial charge >= 0.3 is 0 Å². The maximum absolute atomic E-state index is 12.9. The lowest BCUT2D eigenvalue weighted by Gasteiger charge is -2.23. The van der Waals surface area contributed by atoms with E-state index in [1.165, 1.54) is 25.4 Å². The number of benzene rings is 2. The summed E-state index contributed by atoms with van der Waals surface area (Å²) in [4.78, 5) is 39.1. The third-order valence-corrected chi connectivity index (χ3v) is 6.29. The van der Waals surface area contributed by atoms with Crippen LogP contribution in [0.4, 0.5) is 17.2 Å². The van der Waals surface area contributed by atoms with E-state index in [4.69, 9.17) is 21.1 Å². The molecule has 0 fully saturated rings. The number of hydrogen-bond acceptors (Lipinski definition) is 8. The van der Waals surface area contributed by atoms with Crippen LogP contribution in [0, 0.1) is 0 Å². The number of ether oxygens (including phenoxy) is 2. The van der Waals surface area contributed by atoms with Crippen LogP contribution in [-0.4, -0.2) is 51.9 Å². The fourth-order valence-corrected chi connectivity index (χ4v) is 3.90. The van der Waals surface area contributed by atoms with Gasteiger partial charge in [-0.2, -0.15) is 0 Å². The van der Waals surface area contributed by atoms with Gasteiger partial charge in [-0.3, -0.25) is 14.6 Å². The van der Waals surface area contributed by atoms with E-state index in [1.807, 2.05) is 24.3 Å². The van der Waals surface area contributed by atoms with E-state index in [1.54, 1.807) is 37.4 Å². The second kappa shape index (κ2) is 12.2. The van der Waals surface area contributed by atoms with Crippen molar-refractivity contribution in [1.29, 1.82) is 0 Å². The third kappa shape index (κ3) is 6.42. The number of rotatable bonds is 10. The molecule has 0 bridgehead atoms. The molecule has 0 spiro atoms. The Morgan fingerprint density at radius 1 is 1.13 bits per heavy atom. The van der Waals surface area contributed by atoms with Crippen molar-refractivity contribution in [2.75, 3.05) is 24.8 Å². The van der Waals surface area contributed by atoms with Gasteiger partial charge in [-0.25, -0.2) is 9.97 Å². The largest absolute Gasteiger partial charge is 0.494 e. The molecule has 0 saturated heterocycles. The minimum Gasteiger partial charge on any atom is -0.494 e. The summed E-state index contributed by atoms with van der Waals surface area (Å²) in [6.07, 6.45) is 4.28. The third-order valence-electron chi connectivity index (χ3n) is 5.99. The van der Waals surface area contributed by atoms with Gasteiger partial charge in [0.2, 0.25) is 11.8 Å². The number of carbonyl (C=O) groups is 2. The number of anilines is 3. The lowest BCUT2D eigenvalue weighted by molar-refractivity contribution is -0.132. The van der Waals surface area contributed by atoms with Gasteiger partial charge in [0.1, 0.15) is 36.3 Å². The molecule has 2 N–H and O–H groups in total. The van der Waals surface area contributed by atoms with E-state index >= 15 is 0 Å². The molecule has 10 nitrogen and oxygen atoms in total. The van der Waals surface area contributed by atoms with Crippen molar-refractivity contribution >= 4 is 51.5 Å². The number of nitrogens with one attached hydrogen (secondary N) is 2. The molecular weight excluding hydrogens is 520 g/mol. The molecule has 0 radical (unpaired) electrons. The summed E-state index contributed by atoms with van der Waals surface area (Å²) in [7, 11) is 3.02. The molecule has 0 saturated carbocycles. The second-order valence-electron chi connectivity index (χ2n) is 8.49. The summed E-state index contributed by atoms with van der Waals surface area (Å²) in [5.41, 5.74) is 2.45. The Labute approximate surface area is 230 Å². The molecule has 2 heterocycles. The first kappa shape index (κ1) is 27.3. The maximum atomic E-state index is 12.9. The number of fused-ring (bicyclic) bond motifs is 1. The zero-order valence-corrected chi connectivity index (χ0v) is 22.4. The Balaban J connectivity index is 1.57. The van der Waals surface area contributed by atoms with Crippen molar-refractivity contribution < 1.29 is 19.1 Å². The molecule has 0 aliphatic rings. The van der Waals surface area contributed by atoms with Crippen LogP contribution in [0.5, 0.6) is 11.5 Å². The predicted octanol–water partition coefficient (Wildman–Crippen LogP) is 4.98. The Morgan fingerprint density at radius 2 is 1.95 bits per heavy atom. The van der Waals surface area contributed by atoms with E-state index in [9.17, 15) is 9.59 Å². The standard InChI is InChI=1S/C28H27ClN6O4/c1-5-26(36)35(3)17(2)28(37)34-23-13-20-22(14-25(23)38-4)31-16-32-27(20)33-18-9-10-24(21(29)12-18)39-15-19-8-6-7-11-30-19/h5-14,16-17H,1,15H2,2-4H3,(H,34,37)(H,31,32,33)/t17-/m1/s1. The monoisotopic (exact) mass is 546 g/mol. The lowest BCUT2D eigenvalue weighted by Crippen LogP contribution is -2.42. The minimum atomic E-state index is -0.749. The van der Waals surface area contributed by atoms with Crippen molar-refractivity contribution in [3.63, 3.8) is 0 Å². The van der Waals surface area contributed by atoms with Gasteiger partial charge in [0, 0.05) is 30.4 Å². The van der Waals surface area contributed by atoms with Crippen LogP contribution < -0.4 is 20.1 Å². The summed E-state index contributed by atoms with van der Waals surface area (Å²) in [6.45, 7) is 5.37. The average molecular weight is 547 g/mol. The molecule has 2 aromatic carbocycles. The molecule has 11 heteroatoms. The highest BCUT2D eigenvalue weighted by Crippen LogP contribution is 2.35. The predicted molar refractivity (Wildman–Crippen MR) is 150 cm³/mol. The molecule has 4 rings (SSSR count).